The van der Waals surface area contributed by atoms with Crippen molar-refractivity contribution in [2.75, 3.05) is 13.1 Å². The number of likely N-dealkylation sites (tertiary alicyclic amines) is 1. The molecule has 1 aliphatic rings. The predicted octanol–water partition coefficient (Wildman–Crippen LogP) is 1.32. The number of carbonyl (C=O) groups excluding carboxylic acids is 1. The first-order valence-corrected chi connectivity index (χ1v) is 7.27. The van der Waals surface area contributed by atoms with E-state index in [0.29, 0.717) is 12.2 Å². The van der Waals surface area contributed by atoms with Gasteiger partial charge in [0.25, 0.3) is 5.91 Å². The van der Waals surface area contributed by atoms with Crippen molar-refractivity contribution in [3.8, 4) is 0 Å². The minimum atomic E-state index is -1.70. The molecule has 0 radical (unpaired) electrons. The Bertz CT molecular complexity index is 532. The average Bonchev–Trinajstić information content (AvgIpc) is 2.80. The lowest BCUT2D eigenvalue weighted by atomic mass is 9.91. The number of carboxylic acids is 1. The van der Waals surface area contributed by atoms with Crippen molar-refractivity contribution in [1.29, 1.82) is 0 Å². The van der Waals surface area contributed by atoms with Crippen LogP contribution in [0.5, 0.6) is 0 Å². The first kappa shape index (κ1) is 15.1. The van der Waals surface area contributed by atoms with E-state index in [2.05, 4.69) is 15.9 Å². The molecule has 1 amide bonds. The Morgan fingerprint density at radius 2 is 2.00 bits per heavy atom. The molecule has 20 heavy (non-hydrogen) atoms. The fourth-order valence-corrected chi connectivity index (χ4v) is 2.84. The van der Waals surface area contributed by atoms with Gasteiger partial charge in [-0.25, -0.2) is 4.79 Å². The van der Waals surface area contributed by atoms with Gasteiger partial charge in [-0.2, -0.15) is 0 Å². The molecular weight excluding hydrogens is 328 g/mol. The van der Waals surface area contributed by atoms with Crippen LogP contribution in [0.1, 0.15) is 30.3 Å². The summed E-state index contributed by atoms with van der Waals surface area (Å²) in [5.41, 5.74) is -1.13. The van der Waals surface area contributed by atoms with E-state index in [1.165, 1.54) is 0 Å². The molecular formula is C13H17BrN2O4. The SMILES string of the molecule is CCn1cc(Br)cc1C(=O)N1CCC(O)(C(=O)O)CC1. The van der Waals surface area contributed by atoms with Gasteiger partial charge in [0.2, 0.25) is 0 Å². The number of aryl methyl sites for hydroxylation is 1. The number of carboxylic acid groups (broad SMARTS) is 1. The highest BCUT2D eigenvalue weighted by Crippen LogP contribution is 2.24. The highest BCUT2D eigenvalue weighted by molar-refractivity contribution is 9.10. The summed E-state index contributed by atoms with van der Waals surface area (Å²) in [6.45, 7) is 3.12. The number of amides is 1. The predicted molar refractivity (Wildman–Crippen MR) is 75.5 cm³/mol. The topological polar surface area (TPSA) is 82.8 Å². The number of hydrogen-bond acceptors (Lipinski definition) is 3. The van der Waals surface area contributed by atoms with Crippen LogP contribution in [-0.4, -0.2) is 50.2 Å². The largest absolute Gasteiger partial charge is 0.479 e. The summed E-state index contributed by atoms with van der Waals surface area (Å²) in [5.74, 6) is -1.35. The van der Waals surface area contributed by atoms with E-state index in [0.717, 1.165) is 4.47 Å². The van der Waals surface area contributed by atoms with E-state index < -0.39 is 11.6 Å². The number of halogens is 1. The Balaban J connectivity index is 2.10. The molecule has 0 spiro atoms. The molecule has 110 valence electrons. The highest BCUT2D eigenvalue weighted by atomic mass is 79.9. The summed E-state index contributed by atoms with van der Waals surface area (Å²) in [5, 5.41) is 18.8. The van der Waals surface area contributed by atoms with Gasteiger partial charge >= 0.3 is 5.97 Å². The molecule has 1 aromatic heterocycles. The molecule has 1 aromatic rings. The average molecular weight is 345 g/mol. The Morgan fingerprint density at radius 3 is 2.50 bits per heavy atom. The zero-order valence-corrected chi connectivity index (χ0v) is 12.8. The Hall–Kier alpha value is -1.34. The van der Waals surface area contributed by atoms with E-state index >= 15 is 0 Å². The van der Waals surface area contributed by atoms with Crippen molar-refractivity contribution < 1.29 is 19.8 Å². The van der Waals surface area contributed by atoms with Crippen LogP contribution < -0.4 is 0 Å². The van der Waals surface area contributed by atoms with Gasteiger partial charge in [0.05, 0.1) is 0 Å². The molecule has 1 fully saturated rings. The van der Waals surface area contributed by atoms with Crippen molar-refractivity contribution >= 4 is 27.8 Å². The number of carbonyl (C=O) groups is 2. The maximum atomic E-state index is 12.4. The van der Waals surface area contributed by atoms with E-state index in [1.54, 1.807) is 11.0 Å². The minimum absolute atomic E-state index is 0.0576. The lowest BCUT2D eigenvalue weighted by molar-refractivity contribution is -0.162. The standard InChI is InChI=1S/C13H17BrN2O4/c1-2-15-8-9(14)7-10(15)11(17)16-5-3-13(20,4-6-16)12(18)19/h7-8,20H,2-6H2,1H3,(H,18,19). The van der Waals surface area contributed by atoms with Crippen molar-refractivity contribution in [3.63, 3.8) is 0 Å². The van der Waals surface area contributed by atoms with E-state index in [4.69, 9.17) is 5.11 Å². The lowest BCUT2D eigenvalue weighted by Crippen LogP contribution is -2.51. The number of piperidine rings is 1. The van der Waals surface area contributed by atoms with E-state index in [-0.39, 0.29) is 31.8 Å². The van der Waals surface area contributed by atoms with Crippen LogP contribution in [0.15, 0.2) is 16.7 Å². The molecule has 2 heterocycles. The van der Waals surface area contributed by atoms with Gasteiger partial charge in [0.15, 0.2) is 5.60 Å². The number of aliphatic carboxylic acids is 1. The molecule has 0 aliphatic carbocycles. The van der Waals surface area contributed by atoms with Crippen molar-refractivity contribution in [3.05, 3.63) is 22.4 Å². The van der Waals surface area contributed by atoms with Gasteiger partial charge in [0.1, 0.15) is 5.69 Å². The third-order valence-corrected chi connectivity index (χ3v) is 4.13. The van der Waals surface area contributed by atoms with Gasteiger partial charge in [-0.3, -0.25) is 4.79 Å². The normalized spacial score (nSPS) is 18.1. The van der Waals surface area contributed by atoms with Crippen molar-refractivity contribution in [2.24, 2.45) is 0 Å². The van der Waals surface area contributed by atoms with Gasteiger partial charge in [-0.1, -0.05) is 0 Å². The Morgan fingerprint density at radius 1 is 1.40 bits per heavy atom. The van der Waals surface area contributed by atoms with Crippen LogP contribution >= 0.6 is 15.9 Å². The van der Waals surface area contributed by atoms with Crippen LogP contribution in [0.4, 0.5) is 0 Å². The van der Waals surface area contributed by atoms with Gasteiger partial charge < -0.3 is 19.7 Å². The molecule has 0 aromatic carbocycles. The third-order valence-electron chi connectivity index (χ3n) is 3.70. The summed E-state index contributed by atoms with van der Waals surface area (Å²) in [6.07, 6.45) is 1.95. The first-order valence-electron chi connectivity index (χ1n) is 6.48. The fourth-order valence-electron chi connectivity index (χ4n) is 2.37. The van der Waals surface area contributed by atoms with Gasteiger partial charge in [-0.05, 0) is 28.9 Å². The molecule has 1 aliphatic heterocycles. The quantitative estimate of drug-likeness (QED) is 0.866. The number of hydrogen-bond donors (Lipinski definition) is 2. The van der Waals surface area contributed by atoms with Crippen molar-refractivity contribution in [1.82, 2.24) is 9.47 Å². The Kier molecular flexibility index (Phi) is 4.19. The van der Waals surface area contributed by atoms with E-state index in [1.807, 2.05) is 17.7 Å². The van der Waals surface area contributed by atoms with Crippen LogP contribution in [0.3, 0.4) is 0 Å². The van der Waals surface area contributed by atoms with Gasteiger partial charge in [0, 0.05) is 43.1 Å². The zero-order chi connectivity index (χ0) is 14.9. The molecule has 0 saturated carbocycles. The number of aromatic nitrogens is 1. The molecule has 7 heteroatoms. The van der Waals surface area contributed by atoms with Crippen LogP contribution in [0.25, 0.3) is 0 Å². The maximum Gasteiger partial charge on any atom is 0.335 e. The number of aliphatic hydroxyl groups is 1. The molecule has 0 atom stereocenters. The molecule has 6 nitrogen and oxygen atoms in total. The number of nitrogens with zero attached hydrogens (tertiary/aromatic N) is 2. The second-order valence-corrected chi connectivity index (χ2v) is 5.87. The molecule has 2 N–H and O–H groups in total. The second-order valence-electron chi connectivity index (χ2n) is 4.96. The zero-order valence-electron chi connectivity index (χ0n) is 11.2. The molecule has 0 bridgehead atoms. The summed E-state index contributed by atoms with van der Waals surface area (Å²) in [7, 11) is 0. The lowest BCUT2D eigenvalue weighted by Gasteiger charge is -2.35. The second kappa shape index (κ2) is 5.57. The first-order chi connectivity index (χ1) is 9.37. The Labute approximate surface area is 125 Å². The van der Waals surface area contributed by atoms with Crippen LogP contribution in [0.2, 0.25) is 0 Å². The number of rotatable bonds is 3. The highest BCUT2D eigenvalue weighted by Gasteiger charge is 2.40. The molecule has 1 saturated heterocycles. The minimum Gasteiger partial charge on any atom is -0.479 e. The summed E-state index contributed by atoms with van der Waals surface area (Å²) < 4.78 is 2.67. The van der Waals surface area contributed by atoms with Crippen molar-refractivity contribution in [2.45, 2.75) is 31.9 Å². The van der Waals surface area contributed by atoms with Crippen LogP contribution in [-0.2, 0) is 11.3 Å². The smallest absolute Gasteiger partial charge is 0.335 e. The monoisotopic (exact) mass is 344 g/mol. The van der Waals surface area contributed by atoms with Gasteiger partial charge in [-0.15, -0.1) is 0 Å². The van der Waals surface area contributed by atoms with E-state index in [9.17, 15) is 14.7 Å². The third kappa shape index (κ3) is 2.73. The van der Waals surface area contributed by atoms with Crippen LogP contribution in [0, 0.1) is 0 Å². The molecule has 0 unspecified atom stereocenters. The summed E-state index contributed by atoms with van der Waals surface area (Å²) in [6, 6.07) is 1.75. The summed E-state index contributed by atoms with van der Waals surface area (Å²) in [4.78, 5) is 25.0. The summed E-state index contributed by atoms with van der Waals surface area (Å²) >= 11 is 3.34. The fraction of sp³-hybridized carbons (Fsp3) is 0.538. The molecule has 2 rings (SSSR count). The maximum absolute atomic E-state index is 12.4.